The molecule has 10 bridgehead atoms. The van der Waals surface area contributed by atoms with Crippen molar-refractivity contribution in [3.8, 4) is 23.0 Å². The van der Waals surface area contributed by atoms with Crippen LogP contribution in [-0.4, -0.2) is 120 Å². The number of carbonyl (C=O) groups excluding carboxylic acids is 5. The lowest BCUT2D eigenvalue weighted by Crippen LogP contribution is -3.61. The van der Waals surface area contributed by atoms with Gasteiger partial charge in [-0.15, -0.1) is 0 Å². The summed E-state index contributed by atoms with van der Waals surface area (Å²) in [5.74, 6) is -5.34. The topological polar surface area (TPSA) is 200 Å². The van der Waals surface area contributed by atoms with Gasteiger partial charge >= 0.3 is 66.2 Å². The summed E-state index contributed by atoms with van der Waals surface area (Å²) in [5.41, 5.74) is -2.70. The molecule has 14 rings (SSSR count). The lowest BCUT2D eigenvalue weighted by molar-refractivity contribution is -0.875. The van der Waals surface area contributed by atoms with Crippen LogP contribution in [0.15, 0.2) is 97.1 Å². The number of ketones is 3. The maximum Gasteiger partial charge on any atom is 0.377 e. The molecular weight excluding hydrogens is 1430 g/mol. The van der Waals surface area contributed by atoms with E-state index in [1.807, 2.05) is 62.4 Å². The fraction of sp³-hybridized carbons (Fsp3) is 0.580. The Labute approximate surface area is 554 Å². The fourth-order valence-electron chi connectivity index (χ4n) is 14.6. The highest BCUT2D eigenvalue weighted by molar-refractivity contribution is 7.85. The van der Waals surface area contributed by atoms with Crippen molar-refractivity contribution in [1.29, 1.82) is 0 Å². The molecule has 0 amide bonds. The molecule has 500 valence electrons. The minimum atomic E-state index is -4.08. The number of fused-ring (bicyclic) bond motifs is 2. The molecule has 10 fully saturated rings. The highest BCUT2D eigenvalue weighted by Crippen LogP contribution is 2.64. The Morgan fingerprint density at radius 1 is 0.560 bits per heavy atom. The van der Waals surface area contributed by atoms with E-state index in [-0.39, 0.29) is 94.8 Å². The molecule has 6 unspecified atom stereocenters. The molecule has 2 N–H and O–H groups in total. The number of halogens is 6. The van der Waals surface area contributed by atoms with Crippen molar-refractivity contribution >= 4 is 39.4 Å². The van der Waals surface area contributed by atoms with Crippen LogP contribution in [0.3, 0.4) is 0 Å². The van der Waals surface area contributed by atoms with Crippen LogP contribution < -0.4 is 66.3 Å². The van der Waals surface area contributed by atoms with Crippen molar-refractivity contribution in [1.82, 2.24) is 0 Å². The van der Waals surface area contributed by atoms with Crippen LogP contribution in [-0.2, 0) is 43.6 Å². The van der Waals surface area contributed by atoms with E-state index in [1.54, 1.807) is 33.3 Å². The molecule has 4 aromatic rings. The van der Waals surface area contributed by atoms with Crippen LogP contribution in [0.1, 0.15) is 125 Å². The van der Waals surface area contributed by atoms with Crippen LogP contribution in [0, 0.1) is 66.5 Å². The number of esters is 2. The van der Waals surface area contributed by atoms with Gasteiger partial charge in [0.15, 0.2) is 14.3 Å². The van der Waals surface area contributed by atoms with E-state index in [0.717, 1.165) is 55.1 Å². The first-order valence-corrected chi connectivity index (χ1v) is 37.1. The van der Waals surface area contributed by atoms with Gasteiger partial charge in [0.25, 0.3) is 10.1 Å². The summed E-state index contributed by atoms with van der Waals surface area (Å²) in [6, 6.07) is 33.2. The van der Waals surface area contributed by atoms with Gasteiger partial charge in [0.05, 0.1) is 59.7 Å². The molecule has 0 aliphatic heterocycles. The normalized spacial score (nSPS) is 27.4. The standard InChI is InChI=1S/2C14H14IO2.2C13H16F2O3.C10H16O4S.C5H13N/c2*1-16-13-7-3-11(4-8-13)15-12-5-9-14(17-2)10-6-12;2*1-12(14,15)11(17)18-13-4-7-2-8(5-13)10(16)9(3-7)6-13;1-9(2)7-3-4-10(9,8(11)5-7)6-15(12,13)14;1-4-6(3)5-2/h2*3-10H,1-2H3;2*7-9H,2-6H2,1H3;7H,3-6H2,1-2H3,(H,12,13,14);4-5H2,1-3H3/q2*+1;;;;/p+1. The number of carbonyl (C=O) groups is 5. The molecule has 15 nitrogen and oxygen atoms in total. The Hall–Kier alpha value is -4.92. The van der Waals surface area contributed by atoms with Crippen molar-refractivity contribution in [2.24, 2.45) is 52.3 Å². The van der Waals surface area contributed by atoms with Crippen molar-refractivity contribution in [2.45, 2.75) is 148 Å². The summed E-state index contributed by atoms with van der Waals surface area (Å²) in [6.07, 6.45) is 8.43. The number of alkyl halides is 4. The molecule has 10 aliphatic carbocycles. The van der Waals surface area contributed by atoms with E-state index in [1.165, 1.54) is 27.4 Å². The van der Waals surface area contributed by atoms with Crippen LogP contribution in [0.25, 0.3) is 0 Å². The molecule has 10 aliphatic rings. The van der Waals surface area contributed by atoms with Gasteiger partial charge in [0, 0.05) is 43.9 Å². The van der Waals surface area contributed by atoms with Crippen molar-refractivity contribution < 1.29 is 130 Å². The molecule has 10 saturated carbocycles. The van der Waals surface area contributed by atoms with Gasteiger partial charge < -0.3 is 33.3 Å². The summed E-state index contributed by atoms with van der Waals surface area (Å²) in [5, 5.41) is 0. The number of nitrogens with one attached hydrogen (secondary N) is 1. The molecule has 4 aromatic carbocycles. The second-order valence-corrected chi connectivity index (χ2v) is 33.8. The number of ether oxygens (including phenoxy) is 6. The molecule has 6 atom stereocenters. The largest absolute Gasteiger partial charge is 0.497 e. The second-order valence-electron chi connectivity index (χ2n) is 26.3. The Kier molecular flexibility index (Phi) is 24.8. The summed E-state index contributed by atoms with van der Waals surface area (Å²) in [6.45, 7) is 11.9. The maximum absolute atomic E-state index is 12.9. The second kappa shape index (κ2) is 30.7. The first-order valence-electron chi connectivity index (χ1n) is 31.2. The van der Waals surface area contributed by atoms with E-state index in [2.05, 4.69) is 69.4 Å². The fourth-order valence-corrected chi connectivity index (χ4v) is 20.2. The van der Waals surface area contributed by atoms with Crippen molar-refractivity contribution in [3.05, 3.63) is 111 Å². The molecule has 0 aromatic heterocycles. The zero-order valence-electron chi connectivity index (χ0n) is 54.0. The molecule has 91 heavy (non-hydrogen) atoms. The number of hydrogen-bond donors (Lipinski definition) is 2. The predicted molar refractivity (Wildman–Crippen MR) is 326 cm³/mol. The van der Waals surface area contributed by atoms with Gasteiger partial charge in [-0.1, -0.05) is 13.8 Å². The average Bonchev–Trinajstić information content (AvgIpc) is 1.67. The lowest BCUT2D eigenvalue weighted by atomic mass is 9.53. The van der Waals surface area contributed by atoms with Gasteiger partial charge in [-0.05, 0) is 211 Å². The van der Waals surface area contributed by atoms with E-state index in [9.17, 15) is 50.0 Å². The Bertz CT molecular complexity index is 2950. The summed E-state index contributed by atoms with van der Waals surface area (Å²) in [7, 11) is 4.87. The van der Waals surface area contributed by atoms with Gasteiger partial charge in [0.1, 0.15) is 51.5 Å². The van der Waals surface area contributed by atoms with Crippen LogP contribution in [0.2, 0.25) is 0 Å². The minimum absolute atomic E-state index is 0.0152. The predicted octanol–water partition coefficient (Wildman–Crippen LogP) is 5.14. The summed E-state index contributed by atoms with van der Waals surface area (Å²) >= 11 is -0.237. The Balaban J connectivity index is 0.000000158. The molecule has 0 radical (unpaired) electrons. The quantitative estimate of drug-likeness (QED) is 0.0647. The third kappa shape index (κ3) is 18.9. The monoisotopic (exact) mass is 1520 g/mol. The number of rotatable bonds is 16. The van der Waals surface area contributed by atoms with Gasteiger partial charge in [0.2, 0.25) is 0 Å². The van der Waals surface area contributed by atoms with E-state index in [0.29, 0.717) is 77.0 Å². The number of hydrogen-bond acceptors (Lipinski definition) is 13. The van der Waals surface area contributed by atoms with Crippen molar-refractivity contribution in [3.63, 3.8) is 0 Å². The SMILES string of the molecule is CC(F)(F)C(=O)OC12CC3CC(C1)C(=O)C(C3)C2.CC(F)(F)C(=O)OC12CC3CC(C1)C(=O)C(C3)C2.CC1(C)C2CCC1(CS(=O)(=O)O)C(=O)C2.CC[NH+](C)CC.COc1ccc([I+]c2ccc(OC)cc2)cc1.COc1ccc([I+]c2ccc(OC)cc2)cc1. The third-order valence-electron chi connectivity index (χ3n) is 19.6. The van der Waals surface area contributed by atoms with E-state index >= 15 is 0 Å². The molecule has 0 spiro atoms. The first-order chi connectivity index (χ1) is 42.7. The van der Waals surface area contributed by atoms with Crippen LogP contribution in [0.5, 0.6) is 23.0 Å². The Morgan fingerprint density at radius 3 is 1.07 bits per heavy atom. The number of Topliss-reactive ketones (excluding diaryl/α,β-unsaturated/α-hetero) is 3. The zero-order chi connectivity index (χ0) is 66.9. The van der Waals surface area contributed by atoms with Crippen LogP contribution in [0.4, 0.5) is 17.6 Å². The van der Waals surface area contributed by atoms with Gasteiger partial charge in [-0.3, -0.25) is 18.9 Å². The van der Waals surface area contributed by atoms with Gasteiger partial charge in [-0.2, -0.15) is 26.0 Å². The highest BCUT2D eigenvalue weighted by atomic mass is 127. The Morgan fingerprint density at radius 2 is 0.857 bits per heavy atom. The molecule has 22 heteroatoms. The maximum atomic E-state index is 12.9. The smallest absolute Gasteiger partial charge is 0.377 e. The van der Waals surface area contributed by atoms with Crippen molar-refractivity contribution in [2.75, 3.05) is 54.3 Å². The first kappa shape index (κ1) is 73.5. The molecule has 0 heterocycles. The number of methoxy groups -OCH3 is 4. The minimum Gasteiger partial charge on any atom is -0.497 e. The lowest BCUT2D eigenvalue weighted by Gasteiger charge is -2.54. The summed E-state index contributed by atoms with van der Waals surface area (Å²) < 4.78 is 119. The number of quaternary nitrogens is 1. The van der Waals surface area contributed by atoms with Gasteiger partial charge in [-0.25, -0.2) is 9.59 Å². The van der Waals surface area contributed by atoms with Crippen LogP contribution >= 0.6 is 0 Å². The average molecular weight is 1520 g/mol. The zero-order valence-corrected chi connectivity index (χ0v) is 59.2. The highest BCUT2D eigenvalue weighted by Gasteiger charge is 2.65. The van der Waals surface area contributed by atoms with E-state index in [4.69, 9.17) is 33.0 Å². The molecule has 0 saturated heterocycles. The van der Waals surface area contributed by atoms with E-state index < -0.39 is 56.3 Å². The summed E-state index contributed by atoms with van der Waals surface area (Å²) in [4.78, 5) is 60.0. The third-order valence-corrected chi connectivity index (χ3v) is 25.8. The molecular formula is C69H90F4I2NO14S+3. The number of benzene rings is 4.